The number of nitrogens with zero attached hydrogens (tertiary/aromatic N) is 1. The van der Waals surface area contributed by atoms with Crippen LogP contribution in [0.15, 0.2) is 24.3 Å². The highest BCUT2D eigenvalue weighted by Crippen LogP contribution is 2.16. The summed E-state index contributed by atoms with van der Waals surface area (Å²) in [6.45, 7) is 6.85. The third kappa shape index (κ3) is 3.83. The molecule has 0 saturated carbocycles. The van der Waals surface area contributed by atoms with Crippen LogP contribution in [0.2, 0.25) is 0 Å². The number of amides is 1. The Morgan fingerprint density at radius 3 is 2.55 bits per heavy atom. The van der Waals surface area contributed by atoms with E-state index < -0.39 is 0 Å². The monoisotopic (exact) mass is 274 g/mol. The molecule has 1 N–H and O–H groups in total. The fourth-order valence-electron chi connectivity index (χ4n) is 2.71. The summed E-state index contributed by atoms with van der Waals surface area (Å²) in [5, 5.41) is 3.36. The van der Waals surface area contributed by atoms with Gasteiger partial charge in [-0.25, -0.2) is 0 Å². The molecule has 1 aromatic carbocycles. The molecule has 20 heavy (non-hydrogen) atoms. The van der Waals surface area contributed by atoms with Crippen molar-refractivity contribution in [2.75, 3.05) is 13.1 Å². The van der Waals surface area contributed by atoms with Crippen LogP contribution in [-0.2, 0) is 17.8 Å². The maximum absolute atomic E-state index is 12.4. The number of hydrogen-bond donors (Lipinski definition) is 1. The maximum Gasteiger partial charge on any atom is 0.240 e. The zero-order valence-corrected chi connectivity index (χ0v) is 12.7. The van der Waals surface area contributed by atoms with Crippen LogP contribution in [0.25, 0.3) is 0 Å². The van der Waals surface area contributed by atoms with Crippen LogP contribution in [0.1, 0.15) is 44.2 Å². The molecule has 0 aromatic heterocycles. The van der Waals surface area contributed by atoms with Crippen molar-refractivity contribution in [3.05, 3.63) is 35.4 Å². The average molecular weight is 274 g/mol. The fraction of sp³-hybridized carbons (Fsp3) is 0.588. The fourth-order valence-corrected chi connectivity index (χ4v) is 2.71. The molecule has 110 valence electrons. The second kappa shape index (κ2) is 7.44. The topological polar surface area (TPSA) is 32.3 Å². The average Bonchev–Trinajstić information content (AvgIpc) is 2.49. The zero-order valence-electron chi connectivity index (χ0n) is 12.7. The highest BCUT2D eigenvalue weighted by atomic mass is 16.2. The summed E-state index contributed by atoms with van der Waals surface area (Å²) in [7, 11) is 0. The SMILES string of the molecule is CCCNC1CCCN(Cc2ccc(CC)cc2)C1=O. The largest absolute Gasteiger partial charge is 0.337 e. The van der Waals surface area contributed by atoms with Gasteiger partial charge in [-0.2, -0.15) is 0 Å². The molecule has 2 rings (SSSR count). The van der Waals surface area contributed by atoms with Gasteiger partial charge in [-0.1, -0.05) is 38.1 Å². The van der Waals surface area contributed by atoms with Crippen LogP contribution < -0.4 is 5.32 Å². The third-order valence-electron chi connectivity index (χ3n) is 3.98. The maximum atomic E-state index is 12.4. The summed E-state index contributed by atoms with van der Waals surface area (Å²) in [4.78, 5) is 14.4. The van der Waals surface area contributed by atoms with E-state index in [0.717, 1.165) is 45.3 Å². The molecule has 1 aliphatic heterocycles. The van der Waals surface area contributed by atoms with Crippen LogP contribution >= 0.6 is 0 Å². The van der Waals surface area contributed by atoms with Gasteiger partial charge in [-0.15, -0.1) is 0 Å². The first-order chi connectivity index (χ1) is 9.74. The first-order valence-electron chi connectivity index (χ1n) is 7.84. The Labute approximate surface area is 122 Å². The summed E-state index contributed by atoms with van der Waals surface area (Å²) >= 11 is 0. The van der Waals surface area contributed by atoms with Crippen molar-refractivity contribution in [1.82, 2.24) is 10.2 Å². The smallest absolute Gasteiger partial charge is 0.240 e. The van der Waals surface area contributed by atoms with Gasteiger partial charge in [-0.05, 0) is 43.4 Å². The molecule has 1 aliphatic rings. The highest BCUT2D eigenvalue weighted by molar-refractivity contribution is 5.82. The minimum Gasteiger partial charge on any atom is -0.337 e. The Morgan fingerprint density at radius 1 is 1.20 bits per heavy atom. The molecule has 1 amide bonds. The number of carbonyl (C=O) groups excluding carboxylic acids is 1. The van der Waals surface area contributed by atoms with E-state index in [-0.39, 0.29) is 11.9 Å². The van der Waals surface area contributed by atoms with Gasteiger partial charge in [0.25, 0.3) is 0 Å². The Balaban J connectivity index is 1.95. The van der Waals surface area contributed by atoms with Crippen molar-refractivity contribution in [1.29, 1.82) is 0 Å². The molecule has 1 fully saturated rings. The Bertz CT molecular complexity index is 427. The van der Waals surface area contributed by atoms with E-state index in [2.05, 4.69) is 43.4 Å². The minimum atomic E-state index is 0.0265. The van der Waals surface area contributed by atoms with Gasteiger partial charge in [0, 0.05) is 13.1 Å². The number of nitrogens with one attached hydrogen (secondary N) is 1. The van der Waals surface area contributed by atoms with E-state index >= 15 is 0 Å². The Kier molecular flexibility index (Phi) is 5.60. The molecule has 3 nitrogen and oxygen atoms in total. The standard InChI is InChI=1S/C17H26N2O/c1-3-11-18-16-6-5-12-19(17(16)20)13-15-9-7-14(4-2)8-10-15/h7-10,16,18H,3-6,11-13H2,1-2H3. The highest BCUT2D eigenvalue weighted by Gasteiger charge is 2.27. The van der Waals surface area contributed by atoms with Gasteiger partial charge in [0.1, 0.15) is 0 Å². The lowest BCUT2D eigenvalue weighted by Crippen LogP contribution is -2.50. The lowest BCUT2D eigenvalue weighted by atomic mass is 10.0. The van der Waals surface area contributed by atoms with Crippen LogP contribution in [-0.4, -0.2) is 29.9 Å². The van der Waals surface area contributed by atoms with Crippen LogP contribution in [0.3, 0.4) is 0 Å². The van der Waals surface area contributed by atoms with Gasteiger partial charge < -0.3 is 10.2 Å². The third-order valence-corrected chi connectivity index (χ3v) is 3.98. The predicted molar refractivity (Wildman–Crippen MR) is 82.6 cm³/mol. The molecule has 1 saturated heterocycles. The molecule has 1 heterocycles. The molecule has 1 unspecified atom stereocenters. The van der Waals surface area contributed by atoms with Crippen molar-refractivity contribution in [2.45, 2.75) is 52.1 Å². The van der Waals surface area contributed by atoms with Crippen molar-refractivity contribution < 1.29 is 4.79 Å². The molecule has 0 bridgehead atoms. The molecular weight excluding hydrogens is 248 g/mol. The van der Waals surface area contributed by atoms with E-state index in [9.17, 15) is 4.79 Å². The summed E-state index contributed by atoms with van der Waals surface area (Å²) in [6, 6.07) is 8.65. The molecule has 1 atom stereocenters. The number of rotatable bonds is 6. The lowest BCUT2D eigenvalue weighted by molar-refractivity contribution is -0.136. The van der Waals surface area contributed by atoms with Crippen LogP contribution in [0.5, 0.6) is 0 Å². The van der Waals surface area contributed by atoms with Gasteiger partial charge in [0.15, 0.2) is 0 Å². The number of aryl methyl sites for hydroxylation is 1. The molecule has 0 radical (unpaired) electrons. The molecule has 0 spiro atoms. The zero-order chi connectivity index (χ0) is 14.4. The number of likely N-dealkylation sites (tertiary alicyclic amines) is 1. The van der Waals surface area contributed by atoms with Crippen molar-refractivity contribution >= 4 is 5.91 Å². The van der Waals surface area contributed by atoms with Crippen molar-refractivity contribution in [2.24, 2.45) is 0 Å². The second-order valence-electron chi connectivity index (χ2n) is 5.58. The van der Waals surface area contributed by atoms with E-state index in [4.69, 9.17) is 0 Å². The quantitative estimate of drug-likeness (QED) is 0.865. The molecule has 3 heteroatoms. The van der Waals surface area contributed by atoms with Gasteiger partial charge >= 0.3 is 0 Å². The summed E-state index contributed by atoms with van der Waals surface area (Å²) in [5.41, 5.74) is 2.58. The summed E-state index contributed by atoms with van der Waals surface area (Å²) < 4.78 is 0. The van der Waals surface area contributed by atoms with Gasteiger partial charge in [0.2, 0.25) is 5.91 Å². The minimum absolute atomic E-state index is 0.0265. The number of carbonyl (C=O) groups is 1. The lowest BCUT2D eigenvalue weighted by Gasteiger charge is -2.33. The first kappa shape index (κ1) is 15.0. The van der Waals surface area contributed by atoms with Crippen molar-refractivity contribution in [3.63, 3.8) is 0 Å². The van der Waals surface area contributed by atoms with Gasteiger partial charge in [0.05, 0.1) is 6.04 Å². The van der Waals surface area contributed by atoms with E-state index in [1.165, 1.54) is 11.1 Å². The first-order valence-corrected chi connectivity index (χ1v) is 7.84. The summed E-state index contributed by atoms with van der Waals surface area (Å²) in [5.74, 6) is 0.268. The Hall–Kier alpha value is -1.35. The molecule has 1 aromatic rings. The molecular formula is C17H26N2O. The van der Waals surface area contributed by atoms with Crippen LogP contribution in [0.4, 0.5) is 0 Å². The number of benzene rings is 1. The van der Waals surface area contributed by atoms with E-state index in [0.29, 0.717) is 0 Å². The number of hydrogen-bond acceptors (Lipinski definition) is 2. The van der Waals surface area contributed by atoms with Gasteiger partial charge in [-0.3, -0.25) is 4.79 Å². The van der Waals surface area contributed by atoms with Crippen molar-refractivity contribution in [3.8, 4) is 0 Å². The predicted octanol–water partition coefficient (Wildman–Crippen LogP) is 2.74. The van der Waals surface area contributed by atoms with E-state index in [1.54, 1.807) is 0 Å². The Morgan fingerprint density at radius 2 is 1.90 bits per heavy atom. The van der Waals surface area contributed by atoms with Crippen LogP contribution in [0, 0.1) is 0 Å². The summed E-state index contributed by atoms with van der Waals surface area (Å²) in [6.07, 6.45) is 4.21. The normalized spacial score (nSPS) is 19.4. The number of piperidine rings is 1. The molecule has 0 aliphatic carbocycles. The second-order valence-corrected chi connectivity index (χ2v) is 5.58. The van der Waals surface area contributed by atoms with E-state index in [1.807, 2.05) is 4.90 Å².